The highest BCUT2D eigenvalue weighted by atomic mass is 19.1. The van der Waals surface area contributed by atoms with Gasteiger partial charge in [-0.15, -0.1) is 0 Å². The van der Waals surface area contributed by atoms with Crippen molar-refractivity contribution in [3.8, 4) is 0 Å². The highest BCUT2D eigenvalue weighted by Crippen LogP contribution is 2.12. The quantitative estimate of drug-likeness (QED) is 0.610. The maximum atomic E-state index is 13.2. The topological polar surface area (TPSA) is 104 Å². The van der Waals surface area contributed by atoms with Gasteiger partial charge in [-0.25, -0.2) is 9.49 Å². The number of carbonyl (C=O) groups is 2. The molecular formula is C19H17FN4O3. The highest BCUT2D eigenvalue weighted by molar-refractivity contribution is 6.05. The van der Waals surface area contributed by atoms with Gasteiger partial charge in [0.1, 0.15) is 5.82 Å². The van der Waals surface area contributed by atoms with E-state index in [1.165, 1.54) is 12.1 Å². The summed E-state index contributed by atoms with van der Waals surface area (Å²) >= 11 is 0. The van der Waals surface area contributed by atoms with Crippen LogP contribution in [0.25, 0.3) is 10.8 Å². The fourth-order valence-electron chi connectivity index (χ4n) is 2.70. The van der Waals surface area contributed by atoms with E-state index in [0.29, 0.717) is 22.8 Å². The van der Waals surface area contributed by atoms with E-state index in [-0.39, 0.29) is 11.5 Å². The second kappa shape index (κ2) is 7.77. The number of H-pyrrole nitrogens is 1. The third-order valence-electron chi connectivity index (χ3n) is 4.09. The second-order valence-electron chi connectivity index (χ2n) is 6.13. The Kier molecular flexibility index (Phi) is 5.25. The first-order valence-corrected chi connectivity index (χ1v) is 8.28. The summed E-state index contributed by atoms with van der Waals surface area (Å²) < 4.78 is 13.2. The van der Waals surface area contributed by atoms with Crippen molar-refractivity contribution in [2.45, 2.75) is 13.3 Å². The number of halogens is 1. The van der Waals surface area contributed by atoms with Gasteiger partial charge in [0.05, 0.1) is 5.39 Å². The van der Waals surface area contributed by atoms with E-state index in [2.05, 4.69) is 21.0 Å². The number of nitrogens with zero attached hydrogens (tertiary/aromatic N) is 1. The Morgan fingerprint density at radius 2 is 1.85 bits per heavy atom. The van der Waals surface area contributed by atoms with E-state index in [1.54, 1.807) is 43.3 Å². The van der Waals surface area contributed by atoms with Crippen LogP contribution in [0.3, 0.4) is 0 Å². The maximum absolute atomic E-state index is 13.2. The van der Waals surface area contributed by atoms with Gasteiger partial charge in [-0.2, -0.15) is 5.10 Å². The lowest BCUT2D eigenvalue weighted by molar-refractivity contribution is -0.125. The van der Waals surface area contributed by atoms with E-state index in [9.17, 15) is 18.8 Å². The van der Waals surface area contributed by atoms with Crippen LogP contribution in [0, 0.1) is 11.7 Å². The molecule has 1 atom stereocenters. The van der Waals surface area contributed by atoms with Crippen molar-refractivity contribution in [1.29, 1.82) is 0 Å². The Morgan fingerprint density at radius 1 is 1.11 bits per heavy atom. The monoisotopic (exact) mass is 368 g/mol. The zero-order valence-corrected chi connectivity index (χ0v) is 14.5. The molecule has 1 unspecified atom stereocenters. The van der Waals surface area contributed by atoms with Crippen LogP contribution in [0.5, 0.6) is 0 Å². The molecule has 0 spiro atoms. The molecule has 0 radical (unpaired) electrons. The molecule has 3 rings (SSSR count). The molecule has 0 aliphatic rings. The first-order chi connectivity index (χ1) is 13.0. The van der Waals surface area contributed by atoms with Gasteiger partial charge in [-0.3, -0.25) is 25.2 Å². The molecular weight excluding hydrogens is 351 g/mol. The van der Waals surface area contributed by atoms with Gasteiger partial charge < -0.3 is 0 Å². The molecule has 0 aliphatic heterocycles. The van der Waals surface area contributed by atoms with E-state index < -0.39 is 23.3 Å². The van der Waals surface area contributed by atoms with Crippen molar-refractivity contribution >= 4 is 22.6 Å². The number of amides is 2. The Balaban J connectivity index is 1.66. The average molecular weight is 368 g/mol. The Bertz CT molecular complexity index is 1060. The summed E-state index contributed by atoms with van der Waals surface area (Å²) in [5.41, 5.74) is 4.88. The zero-order chi connectivity index (χ0) is 19.4. The molecule has 1 aromatic heterocycles. The number of hydrogen-bond donors (Lipinski definition) is 3. The number of hydrazine groups is 1. The predicted molar refractivity (Wildman–Crippen MR) is 97.2 cm³/mol. The molecule has 0 bridgehead atoms. The first kappa shape index (κ1) is 18.2. The van der Waals surface area contributed by atoms with E-state index >= 15 is 0 Å². The van der Waals surface area contributed by atoms with Crippen molar-refractivity contribution in [2.24, 2.45) is 5.92 Å². The summed E-state index contributed by atoms with van der Waals surface area (Å²) in [6, 6.07) is 12.5. The molecule has 0 saturated heterocycles. The van der Waals surface area contributed by atoms with Crippen LogP contribution in [0.2, 0.25) is 0 Å². The molecule has 2 aromatic carbocycles. The van der Waals surface area contributed by atoms with Crippen molar-refractivity contribution in [3.63, 3.8) is 0 Å². The van der Waals surface area contributed by atoms with Crippen molar-refractivity contribution < 1.29 is 14.0 Å². The maximum Gasteiger partial charge on any atom is 0.290 e. The molecule has 3 N–H and O–H groups in total. The highest BCUT2D eigenvalue weighted by Gasteiger charge is 2.17. The number of benzene rings is 2. The van der Waals surface area contributed by atoms with Crippen LogP contribution in [0.15, 0.2) is 53.3 Å². The van der Waals surface area contributed by atoms with Gasteiger partial charge >= 0.3 is 0 Å². The van der Waals surface area contributed by atoms with Gasteiger partial charge in [-0.1, -0.05) is 37.3 Å². The van der Waals surface area contributed by atoms with Crippen LogP contribution in [0.4, 0.5) is 4.39 Å². The van der Waals surface area contributed by atoms with Gasteiger partial charge in [0.25, 0.3) is 11.5 Å². The zero-order valence-electron chi connectivity index (χ0n) is 14.5. The first-order valence-electron chi connectivity index (χ1n) is 8.28. The number of fused-ring (bicyclic) bond motifs is 1. The summed E-state index contributed by atoms with van der Waals surface area (Å²) in [5, 5.41) is 6.72. The number of rotatable bonds is 4. The minimum Gasteiger partial charge on any atom is -0.273 e. The summed E-state index contributed by atoms with van der Waals surface area (Å²) in [7, 11) is 0. The molecule has 1 heterocycles. The number of aromatic amines is 1. The average Bonchev–Trinajstić information content (AvgIpc) is 2.66. The van der Waals surface area contributed by atoms with Crippen LogP contribution >= 0.6 is 0 Å². The lowest BCUT2D eigenvalue weighted by Crippen LogP contribution is -2.45. The number of carbonyl (C=O) groups excluding carboxylic acids is 2. The molecule has 3 aromatic rings. The van der Waals surface area contributed by atoms with Gasteiger partial charge in [0.2, 0.25) is 5.91 Å². The van der Waals surface area contributed by atoms with Crippen LogP contribution in [-0.4, -0.2) is 22.0 Å². The lowest BCUT2D eigenvalue weighted by Gasteiger charge is -2.13. The number of hydrogen-bond acceptors (Lipinski definition) is 4. The summed E-state index contributed by atoms with van der Waals surface area (Å²) in [4.78, 5) is 36.3. The molecule has 0 fully saturated rings. The molecule has 0 aliphatic carbocycles. The van der Waals surface area contributed by atoms with Crippen molar-refractivity contribution in [2.75, 3.05) is 0 Å². The van der Waals surface area contributed by atoms with E-state index in [1.807, 2.05) is 0 Å². The Morgan fingerprint density at radius 3 is 2.59 bits per heavy atom. The fourth-order valence-corrected chi connectivity index (χ4v) is 2.70. The molecule has 8 heteroatoms. The van der Waals surface area contributed by atoms with E-state index in [4.69, 9.17) is 0 Å². The van der Waals surface area contributed by atoms with Gasteiger partial charge in [0, 0.05) is 11.3 Å². The standard InChI is InChI=1S/C19H17FN4O3/c1-11(9-12-5-4-6-13(20)10-12)17(25)22-24-19(27)16-14-7-2-3-8-15(14)18(26)23-21-16/h2-8,10-11H,9H2,1H3,(H,22,25)(H,23,26)(H,24,27). The second-order valence-corrected chi connectivity index (χ2v) is 6.13. The van der Waals surface area contributed by atoms with Gasteiger partial charge in [0.15, 0.2) is 5.69 Å². The fraction of sp³-hybridized carbons (Fsp3) is 0.158. The Labute approximate surface area is 153 Å². The van der Waals surface area contributed by atoms with Crippen LogP contribution in [-0.2, 0) is 11.2 Å². The summed E-state index contributed by atoms with van der Waals surface area (Å²) in [6.07, 6.45) is 0.319. The van der Waals surface area contributed by atoms with Crippen molar-refractivity contribution in [1.82, 2.24) is 21.0 Å². The Hall–Kier alpha value is -3.55. The summed E-state index contributed by atoms with van der Waals surface area (Å²) in [5.74, 6) is -1.95. The van der Waals surface area contributed by atoms with Crippen LogP contribution < -0.4 is 16.4 Å². The van der Waals surface area contributed by atoms with Crippen molar-refractivity contribution in [3.05, 3.63) is 76.0 Å². The SMILES string of the molecule is CC(Cc1cccc(F)c1)C(=O)NNC(=O)c1n[nH]c(=O)c2ccccc12. The predicted octanol–water partition coefficient (Wildman–Crippen LogP) is 1.70. The number of nitrogens with one attached hydrogen (secondary N) is 3. The van der Waals surface area contributed by atoms with E-state index in [0.717, 1.165) is 0 Å². The molecule has 138 valence electrons. The molecule has 7 nitrogen and oxygen atoms in total. The summed E-state index contributed by atoms with van der Waals surface area (Å²) in [6.45, 7) is 1.67. The molecule has 27 heavy (non-hydrogen) atoms. The third kappa shape index (κ3) is 4.17. The van der Waals surface area contributed by atoms with Crippen LogP contribution in [0.1, 0.15) is 23.0 Å². The lowest BCUT2D eigenvalue weighted by atomic mass is 10.0. The third-order valence-corrected chi connectivity index (χ3v) is 4.09. The normalized spacial score (nSPS) is 11.8. The molecule has 2 amide bonds. The smallest absolute Gasteiger partial charge is 0.273 e. The number of aromatic nitrogens is 2. The minimum absolute atomic E-state index is 0.0108. The molecule has 0 saturated carbocycles. The largest absolute Gasteiger partial charge is 0.290 e. The van der Waals surface area contributed by atoms with Gasteiger partial charge in [-0.05, 0) is 30.2 Å². The minimum atomic E-state index is -0.659.